The Bertz CT molecular complexity index is 638. The number of anilines is 2. The predicted molar refractivity (Wildman–Crippen MR) is 82.4 cm³/mol. The van der Waals surface area contributed by atoms with Crippen molar-refractivity contribution in [2.24, 2.45) is 0 Å². The van der Waals surface area contributed by atoms with Crippen LogP contribution in [0.1, 0.15) is 21.5 Å². The molecule has 0 aliphatic carbocycles. The van der Waals surface area contributed by atoms with Crippen molar-refractivity contribution in [3.05, 3.63) is 57.6 Å². The quantitative estimate of drug-likeness (QED) is 0.825. The largest absolute Gasteiger partial charge is 0.397 e. The van der Waals surface area contributed by atoms with Crippen LogP contribution in [-0.2, 0) is 0 Å². The summed E-state index contributed by atoms with van der Waals surface area (Å²) in [5, 5.41) is 2.83. The topological polar surface area (TPSA) is 55.1 Å². The number of nitrogen functional groups attached to an aromatic ring is 1. The summed E-state index contributed by atoms with van der Waals surface area (Å²) in [6.45, 7) is 3.90. The number of halogens is 1. The molecular weight excluding hydrogens is 304 g/mol. The van der Waals surface area contributed by atoms with Gasteiger partial charge in [0, 0.05) is 10.0 Å². The number of nitrogens with two attached hydrogens (primary N) is 1. The third-order valence-electron chi connectivity index (χ3n) is 2.88. The minimum Gasteiger partial charge on any atom is -0.397 e. The third kappa shape index (κ3) is 3.15. The summed E-state index contributed by atoms with van der Waals surface area (Å²) >= 11 is 3.41. The van der Waals surface area contributed by atoms with E-state index >= 15 is 0 Å². The maximum atomic E-state index is 12.2. The van der Waals surface area contributed by atoms with E-state index in [0.717, 1.165) is 15.6 Å². The lowest BCUT2D eigenvalue weighted by Gasteiger charge is -2.10. The van der Waals surface area contributed by atoms with Crippen LogP contribution in [0, 0.1) is 13.8 Å². The first-order valence-electron chi connectivity index (χ1n) is 5.91. The van der Waals surface area contributed by atoms with Crippen LogP contribution in [0.5, 0.6) is 0 Å². The molecular formula is C15H15BrN2O. The summed E-state index contributed by atoms with van der Waals surface area (Å²) in [6, 6.07) is 11.0. The average molecular weight is 319 g/mol. The van der Waals surface area contributed by atoms with Gasteiger partial charge in [0.05, 0.1) is 11.4 Å². The lowest BCUT2D eigenvalue weighted by molar-refractivity contribution is 0.102. The Morgan fingerprint density at radius 3 is 2.58 bits per heavy atom. The molecule has 3 N–H and O–H groups in total. The predicted octanol–water partition coefficient (Wildman–Crippen LogP) is 3.90. The number of carbonyl (C=O) groups is 1. The van der Waals surface area contributed by atoms with Crippen LogP contribution in [0.25, 0.3) is 0 Å². The van der Waals surface area contributed by atoms with E-state index in [1.165, 1.54) is 0 Å². The number of nitrogens with one attached hydrogen (secondary N) is 1. The smallest absolute Gasteiger partial charge is 0.255 e. The summed E-state index contributed by atoms with van der Waals surface area (Å²) < 4.78 is 0.985. The summed E-state index contributed by atoms with van der Waals surface area (Å²) in [7, 11) is 0. The minimum atomic E-state index is -0.159. The second-order valence-corrected chi connectivity index (χ2v) is 5.36. The van der Waals surface area contributed by atoms with Gasteiger partial charge in [0.25, 0.3) is 5.91 Å². The summed E-state index contributed by atoms with van der Waals surface area (Å²) in [4.78, 5) is 12.2. The number of aryl methyl sites for hydroxylation is 2. The number of amides is 1. The number of rotatable bonds is 2. The van der Waals surface area contributed by atoms with Crippen molar-refractivity contribution >= 4 is 33.2 Å². The van der Waals surface area contributed by atoms with Crippen LogP contribution in [0.3, 0.4) is 0 Å². The van der Waals surface area contributed by atoms with Gasteiger partial charge in [0.2, 0.25) is 0 Å². The van der Waals surface area contributed by atoms with Gasteiger partial charge in [-0.25, -0.2) is 0 Å². The molecule has 2 rings (SSSR count). The van der Waals surface area contributed by atoms with Gasteiger partial charge in [-0.1, -0.05) is 22.0 Å². The van der Waals surface area contributed by atoms with Crippen molar-refractivity contribution in [2.75, 3.05) is 11.1 Å². The van der Waals surface area contributed by atoms with Crippen molar-refractivity contribution in [3.8, 4) is 0 Å². The van der Waals surface area contributed by atoms with E-state index in [1.54, 1.807) is 12.1 Å². The zero-order valence-corrected chi connectivity index (χ0v) is 12.4. The molecule has 98 valence electrons. The molecule has 0 aromatic heterocycles. The van der Waals surface area contributed by atoms with E-state index in [1.807, 2.05) is 38.1 Å². The highest BCUT2D eigenvalue weighted by molar-refractivity contribution is 9.10. The third-order valence-corrected chi connectivity index (χ3v) is 3.77. The first-order valence-corrected chi connectivity index (χ1v) is 6.70. The molecule has 19 heavy (non-hydrogen) atoms. The van der Waals surface area contributed by atoms with Crippen molar-refractivity contribution in [2.45, 2.75) is 13.8 Å². The molecule has 4 heteroatoms. The molecule has 1 amide bonds. The maximum absolute atomic E-state index is 12.2. The van der Waals surface area contributed by atoms with E-state index in [2.05, 4.69) is 21.2 Å². The van der Waals surface area contributed by atoms with Crippen molar-refractivity contribution in [3.63, 3.8) is 0 Å². The van der Waals surface area contributed by atoms with Gasteiger partial charge < -0.3 is 11.1 Å². The molecule has 0 atom stereocenters. The Morgan fingerprint density at radius 2 is 1.89 bits per heavy atom. The lowest BCUT2D eigenvalue weighted by atomic mass is 10.1. The molecule has 0 spiro atoms. The van der Waals surface area contributed by atoms with Gasteiger partial charge >= 0.3 is 0 Å². The molecule has 0 unspecified atom stereocenters. The van der Waals surface area contributed by atoms with Crippen LogP contribution < -0.4 is 11.1 Å². The van der Waals surface area contributed by atoms with Crippen LogP contribution in [0.2, 0.25) is 0 Å². The minimum absolute atomic E-state index is 0.159. The number of hydrogen-bond acceptors (Lipinski definition) is 2. The number of benzene rings is 2. The van der Waals surface area contributed by atoms with Gasteiger partial charge in [-0.3, -0.25) is 4.79 Å². The molecule has 3 nitrogen and oxygen atoms in total. The zero-order valence-electron chi connectivity index (χ0n) is 10.8. The van der Waals surface area contributed by atoms with E-state index in [-0.39, 0.29) is 5.91 Å². The van der Waals surface area contributed by atoms with Crippen molar-refractivity contribution in [1.29, 1.82) is 0 Å². The zero-order chi connectivity index (χ0) is 14.0. The fraction of sp³-hybridized carbons (Fsp3) is 0.133. The van der Waals surface area contributed by atoms with Gasteiger partial charge in [-0.05, 0) is 55.3 Å². The Kier molecular flexibility index (Phi) is 3.90. The normalized spacial score (nSPS) is 10.3. The van der Waals surface area contributed by atoms with Crippen molar-refractivity contribution in [1.82, 2.24) is 0 Å². The van der Waals surface area contributed by atoms with E-state index < -0.39 is 0 Å². The number of carbonyl (C=O) groups excluding carboxylic acids is 1. The van der Waals surface area contributed by atoms with E-state index in [4.69, 9.17) is 5.73 Å². The Labute approximate surface area is 121 Å². The summed E-state index contributed by atoms with van der Waals surface area (Å²) in [5.74, 6) is -0.159. The molecule has 0 aliphatic rings. The highest BCUT2D eigenvalue weighted by atomic mass is 79.9. The molecule has 2 aromatic rings. The van der Waals surface area contributed by atoms with E-state index in [0.29, 0.717) is 16.9 Å². The summed E-state index contributed by atoms with van der Waals surface area (Å²) in [5.41, 5.74) is 9.74. The van der Waals surface area contributed by atoms with Gasteiger partial charge in [0.15, 0.2) is 0 Å². The molecule has 0 heterocycles. The first-order chi connectivity index (χ1) is 8.97. The molecule has 0 fully saturated rings. The number of hydrogen-bond donors (Lipinski definition) is 2. The monoisotopic (exact) mass is 318 g/mol. The second-order valence-electron chi connectivity index (χ2n) is 4.51. The SMILES string of the molecule is Cc1ccc(N)c(NC(=O)c2ccc(Br)c(C)c2)c1. The fourth-order valence-corrected chi connectivity index (χ4v) is 2.01. The highest BCUT2D eigenvalue weighted by Gasteiger charge is 2.09. The molecule has 0 saturated carbocycles. The van der Waals surface area contributed by atoms with Gasteiger partial charge in [-0.2, -0.15) is 0 Å². The first kappa shape index (κ1) is 13.6. The Balaban J connectivity index is 2.25. The summed E-state index contributed by atoms with van der Waals surface area (Å²) in [6.07, 6.45) is 0. The molecule has 2 aromatic carbocycles. The van der Waals surface area contributed by atoms with Crippen molar-refractivity contribution < 1.29 is 4.79 Å². The standard InChI is InChI=1S/C15H15BrN2O/c1-9-3-6-13(17)14(7-9)18-15(19)11-4-5-12(16)10(2)8-11/h3-8H,17H2,1-2H3,(H,18,19). The van der Waals surface area contributed by atoms with Gasteiger partial charge in [0.1, 0.15) is 0 Å². The Morgan fingerprint density at radius 1 is 1.16 bits per heavy atom. The molecule has 0 saturated heterocycles. The molecule has 0 bridgehead atoms. The fourth-order valence-electron chi connectivity index (χ4n) is 1.76. The highest BCUT2D eigenvalue weighted by Crippen LogP contribution is 2.22. The van der Waals surface area contributed by atoms with Crippen LogP contribution in [-0.4, -0.2) is 5.91 Å². The molecule has 0 aliphatic heterocycles. The lowest BCUT2D eigenvalue weighted by Crippen LogP contribution is -2.13. The molecule has 0 radical (unpaired) electrons. The maximum Gasteiger partial charge on any atom is 0.255 e. The van der Waals surface area contributed by atoms with Crippen LogP contribution >= 0.6 is 15.9 Å². The average Bonchev–Trinajstić information content (AvgIpc) is 2.37. The van der Waals surface area contributed by atoms with Crippen LogP contribution in [0.4, 0.5) is 11.4 Å². The van der Waals surface area contributed by atoms with E-state index in [9.17, 15) is 4.79 Å². The Hall–Kier alpha value is -1.81. The van der Waals surface area contributed by atoms with Gasteiger partial charge in [-0.15, -0.1) is 0 Å². The van der Waals surface area contributed by atoms with Crippen LogP contribution in [0.15, 0.2) is 40.9 Å². The second kappa shape index (κ2) is 5.45.